The number of nitro groups is 1. The summed E-state index contributed by atoms with van der Waals surface area (Å²) in [6, 6.07) is 1.16. The Morgan fingerprint density at radius 1 is 1.71 bits per heavy atom. The number of rotatable bonds is 5. The lowest BCUT2D eigenvalue weighted by Gasteiger charge is -2.18. The number of thiophene rings is 1. The van der Waals surface area contributed by atoms with Crippen LogP contribution in [0.3, 0.4) is 0 Å². The number of halogens is 1. The van der Waals surface area contributed by atoms with E-state index in [9.17, 15) is 14.9 Å². The third-order valence-corrected chi connectivity index (χ3v) is 3.44. The molecule has 0 atom stereocenters. The first-order chi connectivity index (χ1) is 8.01. The van der Waals surface area contributed by atoms with Gasteiger partial charge in [-0.25, -0.2) is 0 Å². The fourth-order valence-corrected chi connectivity index (χ4v) is 2.46. The van der Waals surface area contributed by atoms with Crippen LogP contribution in [0.2, 0.25) is 4.34 Å². The molecule has 1 amide bonds. The fourth-order valence-electron chi connectivity index (χ4n) is 1.27. The second kappa shape index (κ2) is 5.95. The van der Waals surface area contributed by atoms with Crippen LogP contribution in [0.1, 0.15) is 16.6 Å². The minimum Gasteiger partial charge on any atom is -0.395 e. The van der Waals surface area contributed by atoms with Gasteiger partial charge < -0.3 is 10.0 Å². The van der Waals surface area contributed by atoms with Crippen molar-refractivity contribution < 1.29 is 14.8 Å². The number of nitrogens with zero attached hydrogens (tertiary/aromatic N) is 2. The number of amides is 1. The lowest BCUT2D eigenvalue weighted by Crippen LogP contribution is -2.32. The number of carbonyl (C=O) groups is 1. The van der Waals surface area contributed by atoms with Crippen molar-refractivity contribution in [2.24, 2.45) is 0 Å². The molecular formula is C9H11ClN2O4S. The van der Waals surface area contributed by atoms with Gasteiger partial charge in [-0.15, -0.1) is 11.3 Å². The molecule has 0 spiro atoms. The minimum atomic E-state index is -0.627. The van der Waals surface area contributed by atoms with E-state index < -0.39 is 4.92 Å². The third kappa shape index (κ3) is 3.15. The first kappa shape index (κ1) is 13.9. The zero-order chi connectivity index (χ0) is 13.0. The first-order valence-electron chi connectivity index (χ1n) is 4.85. The topological polar surface area (TPSA) is 83.7 Å². The van der Waals surface area contributed by atoms with Gasteiger partial charge in [-0.1, -0.05) is 11.6 Å². The SMILES string of the molecule is CCN(CCO)C(=O)c1cc([N+](=O)[O-])c(Cl)s1. The van der Waals surface area contributed by atoms with E-state index in [2.05, 4.69) is 0 Å². The van der Waals surface area contributed by atoms with Crippen LogP contribution in [0.4, 0.5) is 5.69 Å². The van der Waals surface area contributed by atoms with Gasteiger partial charge in [0.25, 0.3) is 11.6 Å². The maximum Gasteiger partial charge on any atom is 0.299 e. The van der Waals surface area contributed by atoms with Crippen LogP contribution in [0.15, 0.2) is 6.07 Å². The van der Waals surface area contributed by atoms with Gasteiger partial charge in [0.15, 0.2) is 4.34 Å². The van der Waals surface area contributed by atoms with Crippen molar-refractivity contribution in [3.8, 4) is 0 Å². The summed E-state index contributed by atoms with van der Waals surface area (Å²) >= 11 is 6.54. The molecule has 1 heterocycles. The van der Waals surface area contributed by atoms with Crippen molar-refractivity contribution in [2.75, 3.05) is 19.7 Å². The number of aliphatic hydroxyl groups is 1. The molecule has 0 aliphatic rings. The van der Waals surface area contributed by atoms with Crippen molar-refractivity contribution in [3.63, 3.8) is 0 Å². The lowest BCUT2D eigenvalue weighted by atomic mass is 10.3. The molecule has 0 bridgehead atoms. The quantitative estimate of drug-likeness (QED) is 0.657. The highest BCUT2D eigenvalue weighted by molar-refractivity contribution is 7.18. The molecule has 8 heteroatoms. The Morgan fingerprint density at radius 3 is 2.76 bits per heavy atom. The summed E-state index contributed by atoms with van der Waals surface area (Å²) in [5.41, 5.74) is -0.264. The Hall–Kier alpha value is -1.18. The molecule has 0 aliphatic heterocycles. The van der Waals surface area contributed by atoms with E-state index in [4.69, 9.17) is 16.7 Å². The van der Waals surface area contributed by atoms with E-state index in [0.717, 1.165) is 17.4 Å². The maximum absolute atomic E-state index is 11.9. The number of likely N-dealkylation sites (N-methyl/N-ethyl adjacent to an activating group) is 1. The largest absolute Gasteiger partial charge is 0.395 e. The summed E-state index contributed by atoms with van der Waals surface area (Å²) in [5.74, 6) is -0.360. The highest BCUT2D eigenvalue weighted by atomic mass is 35.5. The predicted octanol–water partition coefficient (Wildman–Crippen LogP) is 1.76. The third-order valence-electron chi connectivity index (χ3n) is 2.12. The van der Waals surface area contributed by atoms with Crippen LogP contribution in [0.5, 0.6) is 0 Å². The molecule has 0 aromatic carbocycles. The molecule has 0 aliphatic carbocycles. The molecule has 0 radical (unpaired) electrons. The van der Waals surface area contributed by atoms with Crippen LogP contribution in [-0.4, -0.2) is 40.5 Å². The average molecular weight is 279 g/mol. The first-order valence-corrected chi connectivity index (χ1v) is 6.04. The summed E-state index contributed by atoms with van der Waals surface area (Å²) in [6.45, 7) is 2.22. The lowest BCUT2D eigenvalue weighted by molar-refractivity contribution is -0.384. The zero-order valence-corrected chi connectivity index (χ0v) is 10.6. The van der Waals surface area contributed by atoms with Crippen LogP contribution >= 0.6 is 22.9 Å². The van der Waals surface area contributed by atoms with Crippen molar-refractivity contribution in [1.82, 2.24) is 4.90 Å². The summed E-state index contributed by atoms with van der Waals surface area (Å²) in [5, 5.41) is 19.4. The standard InChI is InChI=1S/C9H11ClN2O4S/c1-2-11(3-4-13)9(14)7-5-6(12(15)16)8(10)17-7/h5,13H,2-4H2,1H3. The fraction of sp³-hybridized carbons (Fsp3) is 0.444. The van der Waals surface area contributed by atoms with Gasteiger partial charge in [0, 0.05) is 19.2 Å². The highest BCUT2D eigenvalue weighted by Gasteiger charge is 2.23. The van der Waals surface area contributed by atoms with Gasteiger partial charge in [-0.2, -0.15) is 0 Å². The molecule has 0 fully saturated rings. The van der Waals surface area contributed by atoms with E-state index in [1.54, 1.807) is 6.92 Å². The molecule has 1 N–H and O–H groups in total. The van der Waals surface area contributed by atoms with E-state index in [1.165, 1.54) is 4.90 Å². The van der Waals surface area contributed by atoms with E-state index >= 15 is 0 Å². The van der Waals surface area contributed by atoms with Crippen molar-refractivity contribution in [1.29, 1.82) is 0 Å². The maximum atomic E-state index is 11.9. The molecule has 94 valence electrons. The van der Waals surface area contributed by atoms with Gasteiger partial charge >= 0.3 is 0 Å². The number of hydrogen-bond acceptors (Lipinski definition) is 5. The molecule has 1 rings (SSSR count). The van der Waals surface area contributed by atoms with Crippen LogP contribution < -0.4 is 0 Å². The average Bonchev–Trinajstić information content (AvgIpc) is 2.67. The van der Waals surface area contributed by atoms with E-state index in [-0.39, 0.29) is 34.0 Å². The zero-order valence-electron chi connectivity index (χ0n) is 9.05. The molecule has 1 aromatic rings. The Bertz CT molecular complexity index is 435. The highest BCUT2D eigenvalue weighted by Crippen LogP contribution is 2.34. The van der Waals surface area contributed by atoms with E-state index in [1.807, 2.05) is 0 Å². The second-order valence-corrected chi connectivity index (χ2v) is 4.79. The molecule has 0 saturated carbocycles. The second-order valence-electron chi connectivity index (χ2n) is 3.14. The number of carbonyl (C=O) groups excluding carboxylic acids is 1. The molecule has 0 saturated heterocycles. The van der Waals surface area contributed by atoms with E-state index in [0.29, 0.717) is 6.54 Å². The summed E-state index contributed by atoms with van der Waals surface area (Å²) < 4.78 is -0.0154. The van der Waals surface area contributed by atoms with Gasteiger partial charge in [0.1, 0.15) is 4.88 Å². The van der Waals surface area contributed by atoms with Gasteiger partial charge in [-0.05, 0) is 6.92 Å². The smallest absolute Gasteiger partial charge is 0.299 e. The van der Waals surface area contributed by atoms with Crippen LogP contribution in [0.25, 0.3) is 0 Å². The van der Waals surface area contributed by atoms with Gasteiger partial charge in [0.05, 0.1) is 11.5 Å². The van der Waals surface area contributed by atoms with Crippen molar-refractivity contribution in [2.45, 2.75) is 6.92 Å². The monoisotopic (exact) mass is 278 g/mol. The van der Waals surface area contributed by atoms with Gasteiger partial charge in [0.2, 0.25) is 0 Å². The Morgan fingerprint density at radius 2 is 2.35 bits per heavy atom. The molecular weight excluding hydrogens is 268 g/mol. The number of hydrogen-bond donors (Lipinski definition) is 1. The summed E-state index contributed by atoms with van der Waals surface area (Å²) in [7, 11) is 0. The van der Waals surface area contributed by atoms with Crippen molar-refractivity contribution >= 4 is 34.5 Å². The Balaban J connectivity index is 2.96. The normalized spacial score (nSPS) is 10.3. The Labute approximate surface area is 107 Å². The summed E-state index contributed by atoms with van der Waals surface area (Å²) in [6.07, 6.45) is 0. The summed E-state index contributed by atoms with van der Waals surface area (Å²) in [4.78, 5) is 23.5. The predicted molar refractivity (Wildman–Crippen MR) is 64.6 cm³/mol. The molecule has 0 unspecified atom stereocenters. The van der Waals surface area contributed by atoms with Crippen molar-refractivity contribution in [3.05, 3.63) is 25.4 Å². The van der Waals surface area contributed by atoms with Crippen LogP contribution in [0, 0.1) is 10.1 Å². The van der Waals surface area contributed by atoms with Crippen LogP contribution in [-0.2, 0) is 0 Å². The number of aliphatic hydroxyl groups excluding tert-OH is 1. The molecule has 17 heavy (non-hydrogen) atoms. The molecule has 1 aromatic heterocycles. The Kier molecular flexibility index (Phi) is 4.86. The molecule has 6 nitrogen and oxygen atoms in total. The minimum absolute atomic E-state index is 0.0154. The van der Waals surface area contributed by atoms with Gasteiger partial charge in [-0.3, -0.25) is 14.9 Å².